The molecule has 0 radical (unpaired) electrons. The van der Waals surface area contributed by atoms with Crippen molar-refractivity contribution in [2.75, 3.05) is 63.6 Å². The van der Waals surface area contributed by atoms with Crippen LogP contribution in [0.3, 0.4) is 0 Å². The average molecular weight is 1830 g/mol. The third-order valence-electron chi connectivity index (χ3n) is 29.7. The summed E-state index contributed by atoms with van der Waals surface area (Å²) in [5.41, 5.74) is 48.8. The maximum atomic E-state index is 9.29. The summed E-state index contributed by atoms with van der Waals surface area (Å²) in [6, 6.07) is 25.8. The number of aromatic amines is 7. The molecule has 0 bridgehead atoms. The Morgan fingerprint density at radius 3 is 1.52 bits per heavy atom. The second-order valence-corrected chi connectivity index (χ2v) is 38.7. The molecule has 7 aliphatic rings. The number of piperazine rings is 1. The number of piperidine rings is 1. The summed E-state index contributed by atoms with van der Waals surface area (Å²) in [4.78, 5) is 33.3. The van der Waals surface area contributed by atoms with E-state index in [2.05, 4.69) is 198 Å². The molecule has 10 N–H and O–H groups in total. The van der Waals surface area contributed by atoms with E-state index in [9.17, 15) is 5.11 Å². The second kappa shape index (κ2) is 35.2. The third-order valence-corrected chi connectivity index (χ3v) is 30.8. The lowest BCUT2D eigenvalue weighted by Crippen LogP contribution is -2.52. The third kappa shape index (κ3) is 14.9. The van der Waals surface area contributed by atoms with E-state index >= 15 is 0 Å². The van der Waals surface area contributed by atoms with E-state index in [4.69, 9.17) is 30.7 Å². The molecule has 2 fully saturated rings. The molecule has 32 heteroatoms. The highest BCUT2D eigenvalue weighted by molar-refractivity contribution is 7.03. The Hall–Kier alpha value is -13.8. The lowest BCUT2D eigenvalue weighted by atomic mass is 9.85. The lowest BCUT2D eigenvalue weighted by Gasteiger charge is -2.42. The fraction of sp³-hybridized carbons (Fsp3) is 0.350. The molecule has 135 heavy (non-hydrogen) atoms. The molecule has 21 aromatic rings. The largest absolute Gasteiger partial charge is 0.394 e. The number of hydrogen-bond donors (Lipinski definition) is 9. The monoisotopic (exact) mass is 1830 g/mol. The highest BCUT2D eigenvalue weighted by Gasteiger charge is 2.34. The Balaban J connectivity index is 0.0000000935. The SMILES string of the molecule is Cc1[nH]nc2ccc3nc(-c4ccc5[nH]nc(N)c5c4)c4c(c3c12)CCCC4.Cc1[nH]ncc1-c1nc2c(N3CCC(N4CCN(C)CC4)CC3)cc3[nH]ncc3c2c2c1CCCC2.Cc1[nH]ncc1-c1nc2ccc3c(cnn3CCO)c2c2c1CCCC2.Cc1[nH]ncc1-c1nc2ccc3nsnc3c2c2c1CCCC2.c1snnc1-c1nc2ccc3[nH]ncc3c2c2c1CCCC2. The Labute approximate surface area is 784 Å². The van der Waals surface area contributed by atoms with E-state index in [1.54, 1.807) is 0 Å². The number of anilines is 2. The van der Waals surface area contributed by atoms with Crippen LogP contribution in [0.15, 0.2) is 115 Å². The van der Waals surface area contributed by atoms with Crippen LogP contribution >= 0.6 is 23.3 Å². The first-order chi connectivity index (χ1) is 66.4. The summed E-state index contributed by atoms with van der Waals surface area (Å²) < 4.78 is 14.8. The van der Waals surface area contributed by atoms with Crippen molar-refractivity contribution in [3.63, 3.8) is 0 Å². The van der Waals surface area contributed by atoms with Gasteiger partial charge in [0.15, 0.2) is 5.82 Å². The first-order valence-corrected chi connectivity index (χ1v) is 49.5. The number of H-pyrrole nitrogens is 7. The van der Waals surface area contributed by atoms with Crippen molar-refractivity contribution in [1.29, 1.82) is 0 Å². The minimum Gasteiger partial charge on any atom is -0.394 e. The van der Waals surface area contributed by atoms with Crippen LogP contribution in [0, 0.1) is 27.7 Å². The van der Waals surface area contributed by atoms with E-state index in [0.717, 1.165) is 233 Å². The van der Waals surface area contributed by atoms with Gasteiger partial charge in [-0.2, -0.15) is 49.5 Å². The van der Waals surface area contributed by atoms with Gasteiger partial charge in [-0.05, 0) is 310 Å². The van der Waals surface area contributed by atoms with E-state index in [-0.39, 0.29) is 6.61 Å². The zero-order chi connectivity index (χ0) is 90.6. The number of nitrogens with zero attached hydrogens (tertiary/aromatic N) is 21. The van der Waals surface area contributed by atoms with Gasteiger partial charge in [0.1, 0.15) is 16.7 Å². The number of likely N-dealkylation sites (N-methyl/N-ethyl adjacent to an activating group) is 1. The fourth-order valence-electron chi connectivity index (χ4n) is 23.0. The quantitative estimate of drug-likeness (QED) is 0.0648. The summed E-state index contributed by atoms with van der Waals surface area (Å²) in [6.07, 6.45) is 36.9. The van der Waals surface area contributed by atoms with E-state index in [1.807, 2.05) is 66.3 Å². The number of aliphatic hydroxyl groups is 1. The highest BCUT2D eigenvalue weighted by atomic mass is 32.1. The number of aliphatic hydroxyl groups excluding tert-OH is 1. The van der Waals surface area contributed by atoms with E-state index in [1.165, 1.54) is 231 Å². The van der Waals surface area contributed by atoms with Gasteiger partial charge in [-0.3, -0.25) is 45.3 Å². The minimum atomic E-state index is 0.0872. The van der Waals surface area contributed by atoms with Crippen LogP contribution in [0.1, 0.15) is 155 Å². The van der Waals surface area contributed by atoms with Crippen molar-refractivity contribution in [2.45, 2.75) is 182 Å². The van der Waals surface area contributed by atoms with Crippen LogP contribution in [0.25, 0.3) is 176 Å². The molecule has 6 aromatic carbocycles. The Morgan fingerprint density at radius 1 is 0.407 bits per heavy atom. The highest BCUT2D eigenvalue weighted by Crippen LogP contribution is 2.47. The van der Waals surface area contributed by atoms with Crippen LogP contribution in [0.4, 0.5) is 11.5 Å². The maximum Gasteiger partial charge on any atom is 0.153 e. The first kappa shape index (κ1) is 84.2. The topological polar surface area (TPSA) is 391 Å². The number of nitrogens with two attached hydrogens (primary N) is 1. The predicted molar refractivity (Wildman–Crippen MR) is 537 cm³/mol. The van der Waals surface area contributed by atoms with Gasteiger partial charge in [-0.1, -0.05) is 10.6 Å². The van der Waals surface area contributed by atoms with Crippen molar-refractivity contribution in [1.82, 2.24) is 134 Å². The number of aryl methyl sites for hydroxylation is 9. The fourth-order valence-corrected chi connectivity index (χ4v) is 24.0. The Kier molecular flexibility index (Phi) is 22.0. The van der Waals surface area contributed by atoms with Gasteiger partial charge >= 0.3 is 0 Å². The number of pyridine rings is 5. The molecule has 17 heterocycles. The molecule has 28 rings (SSSR count). The molecule has 0 unspecified atom stereocenters. The molecule has 30 nitrogen and oxygen atoms in total. The Bertz CT molecular complexity index is 8140. The molecule has 2 aliphatic heterocycles. The molecule has 0 atom stereocenters. The van der Waals surface area contributed by atoms with Crippen molar-refractivity contribution < 1.29 is 5.11 Å². The molecular formula is C103H105N29OS2. The van der Waals surface area contributed by atoms with Gasteiger partial charge < -0.3 is 20.6 Å². The molecule has 2 saturated heterocycles. The lowest BCUT2D eigenvalue weighted by molar-refractivity contribution is 0.0982. The van der Waals surface area contributed by atoms with Crippen molar-refractivity contribution in [3.05, 3.63) is 194 Å². The number of fused-ring (bicyclic) bond motifs is 26. The molecule has 5 aliphatic carbocycles. The van der Waals surface area contributed by atoms with Crippen molar-refractivity contribution >= 4 is 155 Å². The molecule has 15 aromatic heterocycles. The van der Waals surface area contributed by atoms with Crippen molar-refractivity contribution in [2.24, 2.45) is 0 Å². The summed E-state index contributed by atoms with van der Waals surface area (Å²) in [5, 5.41) is 83.6. The van der Waals surface area contributed by atoms with E-state index in [0.29, 0.717) is 18.4 Å². The van der Waals surface area contributed by atoms with Crippen molar-refractivity contribution in [3.8, 4) is 56.4 Å². The van der Waals surface area contributed by atoms with Crippen LogP contribution in [-0.4, -0.2) is 198 Å². The summed E-state index contributed by atoms with van der Waals surface area (Å²) >= 11 is 2.66. The first-order valence-electron chi connectivity index (χ1n) is 48.0. The predicted octanol–water partition coefficient (Wildman–Crippen LogP) is 18.8. The van der Waals surface area contributed by atoms with Crippen LogP contribution in [0.5, 0.6) is 0 Å². The van der Waals surface area contributed by atoms with Gasteiger partial charge in [-0.15, -0.1) is 5.10 Å². The number of nitrogens with one attached hydrogen (secondary N) is 7. The van der Waals surface area contributed by atoms with Gasteiger partial charge in [0, 0.05) is 150 Å². The summed E-state index contributed by atoms with van der Waals surface area (Å²) in [6.45, 7) is 15.8. The number of hydrogen-bond acceptors (Lipinski definition) is 24. The summed E-state index contributed by atoms with van der Waals surface area (Å²) in [5.74, 6) is 0.530. The zero-order valence-corrected chi connectivity index (χ0v) is 78.1. The zero-order valence-electron chi connectivity index (χ0n) is 76.5. The smallest absolute Gasteiger partial charge is 0.153 e. The molecule has 0 amide bonds. The molecular weight excluding hydrogens is 1720 g/mol. The normalized spacial score (nSPS) is 16.0. The number of benzene rings is 6. The number of nitrogen functional groups attached to an aromatic ring is 1. The second-order valence-electron chi connectivity index (χ2n) is 37.6. The van der Waals surface area contributed by atoms with Gasteiger partial charge in [-0.25, -0.2) is 24.9 Å². The van der Waals surface area contributed by atoms with Gasteiger partial charge in [0.05, 0.1) is 151 Å². The van der Waals surface area contributed by atoms with Gasteiger partial charge in [0.2, 0.25) is 0 Å². The van der Waals surface area contributed by atoms with Crippen LogP contribution < -0.4 is 10.6 Å². The standard InChI is InChI=1S/C28H36N8.C22H20N6.C20H21N5O.C17H15N5S.C16H13N5S/c1-18-22(16-29-32-18)27-21-6-4-3-5-20(21)26-23-17-30-33-24(23)15-25(28(26)31-27)36-9-7-19(8-10-36)35-13-11-34(2)12-14-35;1-11-19-18(27-25-11)9-8-17-20(19)13-4-2-3-5-14(13)21(24-17)12-6-7-16-15(10-12)22(23)28-26-16;1-12-15(10-21-24-12)20-14-5-3-2-4-13(14)19-16-11-22-25(8-9-26)18(16)7-6-17(19)23-20;1-9-12(8-18-20-9)16-11-5-3-2-4-10(11)15-13(19-16)6-7-14-17(15)22-23-21-14;1-2-4-10-9(3-1)15-11-7-17-19-12(11)5-6-13(15)18-16(10)14-8-22-21-20-14/h15-17,19H,3-14H2,1-2H3,(H,29,32)(H,30,33);6-10H,2-5H2,1H3,(H,25,27)(H3,23,26,28);6-7,10-11,26H,2-5,8-9H2,1H3,(H,21,24);6-8H,2-5H2,1H3,(H,18,20);5-8H,1-4H2,(H,17,19). The van der Waals surface area contributed by atoms with Gasteiger partial charge in [0.25, 0.3) is 0 Å². The van der Waals surface area contributed by atoms with Crippen LogP contribution in [-0.2, 0) is 70.8 Å². The number of rotatable bonds is 9. The van der Waals surface area contributed by atoms with E-state index < -0.39 is 0 Å². The molecule has 0 saturated carbocycles. The minimum absolute atomic E-state index is 0.0872. The Morgan fingerprint density at radius 2 is 0.904 bits per heavy atom. The maximum absolute atomic E-state index is 9.29. The average Bonchev–Trinajstić information content (AvgIpc) is 1.75. The summed E-state index contributed by atoms with van der Waals surface area (Å²) in [7, 11) is 2.24. The molecule has 0 spiro atoms. The molecule has 680 valence electrons. The van der Waals surface area contributed by atoms with Crippen LogP contribution in [0.2, 0.25) is 0 Å². The number of aromatic nitrogens is 25.